The average Bonchev–Trinajstić information content (AvgIpc) is 3.33. The minimum Gasteiger partial charge on any atom is -0.450 e. The summed E-state index contributed by atoms with van der Waals surface area (Å²) in [6.45, 7) is -0.176. The molecule has 1 aliphatic carbocycles. The number of benzene rings is 2. The molecule has 0 atom stereocenters. The summed E-state index contributed by atoms with van der Waals surface area (Å²) in [5.74, 6) is 0.989. The van der Waals surface area contributed by atoms with Gasteiger partial charge >= 0.3 is 5.97 Å². The number of ether oxygens (including phenoxy) is 1. The number of hydrogen-bond acceptors (Lipinski definition) is 7. The fourth-order valence-electron chi connectivity index (χ4n) is 3.03. The van der Waals surface area contributed by atoms with Crippen LogP contribution in [0.1, 0.15) is 41.1 Å². The quantitative estimate of drug-likeness (QED) is 0.430. The highest BCUT2D eigenvalue weighted by Crippen LogP contribution is 2.39. The van der Waals surface area contributed by atoms with Gasteiger partial charge in [-0.15, -0.1) is 5.10 Å². The molecule has 5 rings (SSSR count). The van der Waals surface area contributed by atoms with Crippen molar-refractivity contribution in [3.05, 3.63) is 77.2 Å². The van der Waals surface area contributed by atoms with Crippen molar-refractivity contribution >= 4 is 17.6 Å². The van der Waals surface area contributed by atoms with Crippen LogP contribution in [-0.4, -0.2) is 30.9 Å². The van der Waals surface area contributed by atoms with E-state index >= 15 is 0 Å². The van der Waals surface area contributed by atoms with Crippen LogP contribution in [0.2, 0.25) is 5.02 Å². The van der Waals surface area contributed by atoms with Gasteiger partial charge in [0, 0.05) is 16.5 Å². The minimum absolute atomic E-state index is 0.00957. The maximum absolute atomic E-state index is 12.5. The summed E-state index contributed by atoms with van der Waals surface area (Å²) >= 11 is 5.99. The van der Waals surface area contributed by atoms with Crippen molar-refractivity contribution < 1.29 is 14.1 Å². The van der Waals surface area contributed by atoms with Gasteiger partial charge in [-0.1, -0.05) is 47.1 Å². The Hall–Kier alpha value is -3.52. The van der Waals surface area contributed by atoms with Crippen LogP contribution in [0, 0.1) is 0 Å². The van der Waals surface area contributed by atoms with E-state index < -0.39 is 5.97 Å². The molecular weight excluding hydrogens is 406 g/mol. The van der Waals surface area contributed by atoms with E-state index in [2.05, 4.69) is 20.2 Å². The molecule has 1 aliphatic rings. The number of carbonyl (C=O) groups is 1. The van der Waals surface area contributed by atoms with Gasteiger partial charge in [-0.05, 0) is 37.1 Å². The second-order valence-corrected chi connectivity index (χ2v) is 7.35. The molecule has 0 spiro atoms. The molecule has 1 fully saturated rings. The van der Waals surface area contributed by atoms with Gasteiger partial charge in [0.05, 0.1) is 5.69 Å². The van der Waals surface area contributed by atoms with Gasteiger partial charge in [0.2, 0.25) is 5.82 Å². The van der Waals surface area contributed by atoms with Crippen molar-refractivity contribution in [2.45, 2.75) is 25.4 Å². The minimum atomic E-state index is -0.644. The molecule has 0 aliphatic heterocycles. The Labute approximate surface area is 176 Å². The number of nitrogens with zero attached hydrogens (tertiary/aromatic N) is 5. The van der Waals surface area contributed by atoms with Gasteiger partial charge in [-0.25, -0.2) is 14.5 Å². The van der Waals surface area contributed by atoms with Gasteiger partial charge in [-0.2, -0.15) is 4.98 Å². The maximum atomic E-state index is 12.5. The topological polar surface area (TPSA) is 95.9 Å². The molecule has 2 aromatic heterocycles. The van der Waals surface area contributed by atoms with E-state index in [-0.39, 0.29) is 18.3 Å². The number of rotatable bonds is 6. The van der Waals surface area contributed by atoms with Crippen LogP contribution in [0.4, 0.5) is 0 Å². The Morgan fingerprint density at radius 2 is 1.97 bits per heavy atom. The number of carbonyl (C=O) groups excluding carboxylic acids is 1. The highest BCUT2D eigenvalue weighted by atomic mass is 35.5. The van der Waals surface area contributed by atoms with E-state index in [9.17, 15) is 4.79 Å². The SMILES string of the molecule is O=C(OCc1nc(-c2cccc(Cl)c2)no1)c1nc(C2CC2)n(-c2ccccc2)n1. The molecule has 8 nitrogen and oxygen atoms in total. The fourth-order valence-corrected chi connectivity index (χ4v) is 3.22. The van der Waals surface area contributed by atoms with Crippen LogP contribution in [0.3, 0.4) is 0 Å². The molecule has 0 unspecified atom stereocenters. The lowest BCUT2D eigenvalue weighted by Gasteiger charge is -2.03. The number of hydrogen-bond donors (Lipinski definition) is 0. The lowest BCUT2D eigenvalue weighted by atomic mass is 10.2. The largest absolute Gasteiger partial charge is 0.450 e. The predicted octanol–water partition coefficient (Wildman–Crippen LogP) is 4.21. The molecule has 150 valence electrons. The molecule has 1 saturated carbocycles. The standard InChI is InChI=1S/C21H16ClN5O3/c22-15-6-4-5-14(11-15)18-23-17(30-26-18)12-29-21(28)19-24-20(13-9-10-13)27(25-19)16-7-2-1-3-8-16/h1-8,11,13H,9-10,12H2. The van der Waals surface area contributed by atoms with E-state index in [0.29, 0.717) is 22.3 Å². The zero-order valence-electron chi connectivity index (χ0n) is 15.7. The molecule has 0 N–H and O–H groups in total. The Morgan fingerprint density at radius 1 is 1.13 bits per heavy atom. The Bertz CT molecular complexity index is 1200. The van der Waals surface area contributed by atoms with Crippen LogP contribution < -0.4 is 0 Å². The van der Waals surface area contributed by atoms with Gasteiger partial charge in [0.1, 0.15) is 5.82 Å². The lowest BCUT2D eigenvalue weighted by molar-refractivity contribution is 0.0415. The van der Waals surface area contributed by atoms with Crippen molar-refractivity contribution in [3.8, 4) is 17.1 Å². The van der Waals surface area contributed by atoms with E-state index in [4.69, 9.17) is 20.9 Å². The first-order valence-electron chi connectivity index (χ1n) is 9.45. The molecule has 0 amide bonds. The number of aromatic nitrogens is 5. The monoisotopic (exact) mass is 421 g/mol. The summed E-state index contributed by atoms with van der Waals surface area (Å²) in [6, 6.07) is 16.7. The average molecular weight is 422 g/mol. The summed E-state index contributed by atoms with van der Waals surface area (Å²) in [5, 5.41) is 8.83. The normalized spacial score (nSPS) is 13.4. The van der Waals surface area contributed by atoms with Crippen molar-refractivity contribution in [2.24, 2.45) is 0 Å². The third-order valence-electron chi connectivity index (χ3n) is 4.64. The van der Waals surface area contributed by atoms with Gasteiger partial charge < -0.3 is 9.26 Å². The van der Waals surface area contributed by atoms with E-state index in [1.807, 2.05) is 36.4 Å². The summed E-state index contributed by atoms with van der Waals surface area (Å²) in [6.07, 6.45) is 2.07. The summed E-state index contributed by atoms with van der Waals surface area (Å²) in [5.41, 5.74) is 1.56. The molecule has 2 heterocycles. The zero-order valence-corrected chi connectivity index (χ0v) is 16.5. The molecule has 4 aromatic rings. The van der Waals surface area contributed by atoms with E-state index in [1.54, 1.807) is 22.9 Å². The molecule has 0 saturated heterocycles. The lowest BCUT2D eigenvalue weighted by Crippen LogP contribution is -2.08. The number of esters is 1. The summed E-state index contributed by atoms with van der Waals surface area (Å²) in [4.78, 5) is 21.2. The van der Waals surface area contributed by atoms with Crippen LogP contribution in [0.25, 0.3) is 17.1 Å². The van der Waals surface area contributed by atoms with Crippen LogP contribution >= 0.6 is 11.6 Å². The van der Waals surface area contributed by atoms with Gasteiger partial charge in [0.25, 0.3) is 11.7 Å². The van der Waals surface area contributed by atoms with Crippen LogP contribution in [0.15, 0.2) is 59.1 Å². The summed E-state index contributed by atoms with van der Waals surface area (Å²) in [7, 11) is 0. The maximum Gasteiger partial charge on any atom is 0.378 e. The van der Waals surface area contributed by atoms with E-state index in [0.717, 1.165) is 24.4 Å². The molecule has 2 aromatic carbocycles. The van der Waals surface area contributed by atoms with Crippen LogP contribution in [0.5, 0.6) is 0 Å². The van der Waals surface area contributed by atoms with Crippen molar-refractivity contribution in [2.75, 3.05) is 0 Å². The number of halogens is 1. The Morgan fingerprint density at radius 3 is 2.73 bits per heavy atom. The van der Waals surface area contributed by atoms with E-state index in [1.165, 1.54) is 0 Å². The predicted molar refractivity (Wildman–Crippen MR) is 107 cm³/mol. The zero-order chi connectivity index (χ0) is 20.5. The second kappa shape index (κ2) is 7.72. The van der Waals surface area contributed by atoms with Gasteiger partial charge in [-0.3, -0.25) is 0 Å². The molecule has 0 bridgehead atoms. The fraction of sp³-hybridized carbons (Fsp3) is 0.190. The van der Waals surface area contributed by atoms with Crippen molar-refractivity contribution in [1.82, 2.24) is 24.9 Å². The first-order valence-corrected chi connectivity index (χ1v) is 9.83. The molecular formula is C21H16ClN5O3. The second-order valence-electron chi connectivity index (χ2n) is 6.91. The van der Waals surface area contributed by atoms with Gasteiger partial charge in [0.15, 0.2) is 6.61 Å². The molecule has 30 heavy (non-hydrogen) atoms. The van der Waals surface area contributed by atoms with Crippen molar-refractivity contribution in [3.63, 3.8) is 0 Å². The smallest absolute Gasteiger partial charge is 0.378 e. The highest BCUT2D eigenvalue weighted by molar-refractivity contribution is 6.30. The highest BCUT2D eigenvalue weighted by Gasteiger charge is 2.32. The first-order chi connectivity index (χ1) is 14.7. The van der Waals surface area contributed by atoms with Crippen molar-refractivity contribution in [1.29, 1.82) is 0 Å². The molecule has 0 radical (unpaired) electrons. The first kappa shape index (κ1) is 18.5. The Kier molecular flexibility index (Phi) is 4.76. The third kappa shape index (κ3) is 3.81. The third-order valence-corrected chi connectivity index (χ3v) is 4.87. The molecule has 9 heteroatoms. The van der Waals surface area contributed by atoms with Crippen LogP contribution in [-0.2, 0) is 11.3 Å². The number of para-hydroxylation sites is 1. The Balaban J connectivity index is 1.31. The summed E-state index contributed by atoms with van der Waals surface area (Å²) < 4.78 is 12.2.